The number of rotatable bonds is 4. The Bertz CT molecular complexity index is 438. The summed E-state index contributed by atoms with van der Waals surface area (Å²) < 4.78 is 11.6. The van der Waals surface area contributed by atoms with Gasteiger partial charge in [0.25, 0.3) is 0 Å². The van der Waals surface area contributed by atoms with E-state index in [1.165, 1.54) is 12.8 Å². The molecule has 0 amide bonds. The van der Waals surface area contributed by atoms with Gasteiger partial charge in [0.2, 0.25) is 11.7 Å². The van der Waals surface area contributed by atoms with Crippen LogP contribution in [0.3, 0.4) is 0 Å². The van der Waals surface area contributed by atoms with E-state index in [4.69, 9.17) is 14.2 Å². The highest BCUT2D eigenvalue weighted by molar-refractivity contribution is 5.07. The van der Waals surface area contributed by atoms with Crippen LogP contribution in [0.4, 0.5) is 0 Å². The van der Waals surface area contributed by atoms with Crippen LogP contribution in [0.15, 0.2) is 4.52 Å². The van der Waals surface area contributed by atoms with E-state index in [0.29, 0.717) is 18.4 Å². The maximum Gasteiger partial charge on any atom is 0.231 e. The molecule has 1 aromatic rings. The van der Waals surface area contributed by atoms with Gasteiger partial charge >= 0.3 is 0 Å². The van der Waals surface area contributed by atoms with Gasteiger partial charge in [-0.15, -0.1) is 0 Å². The first-order valence-electron chi connectivity index (χ1n) is 7.92. The summed E-state index contributed by atoms with van der Waals surface area (Å²) >= 11 is 0. The standard InChI is InChI=1S/C15H25N3O2/c1-3-19-15(7-4-5-11(2)9-15)14-17-13(20-18-14)12-6-8-16-10-12/h11-12,16H,3-10H2,1-2H3. The Morgan fingerprint density at radius 3 is 3.05 bits per heavy atom. The first-order chi connectivity index (χ1) is 9.73. The van der Waals surface area contributed by atoms with Crippen LogP contribution in [0, 0.1) is 5.92 Å². The van der Waals surface area contributed by atoms with E-state index in [0.717, 1.165) is 44.1 Å². The summed E-state index contributed by atoms with van der Waals surface area (Å²) in [7, 11) is 0. The lowest BCUT2D eigenvalue weighted by molar-refractivity contribution is -0.0891. The fourth-order valence-electron chi connectivity index (χ4n) is 3.63. The predicted octanol–water partition coefficient (Wildman–Crippen LogP) is 2.59. The summed E-state index contributed by atoms with van der Waals surface area (Å²) in [4.78, 5) is 4.70. The molecule has 3 unspecified atom stereocenters. The number of ether oxygens (including phenoxy) is 1. The van der Waals surface area contributed by atoms with E-state index < -0.39 is 0 Å². The molecule has 20 heavy (non-hydrogen) atoms. The summed E-state index contributed by atoms with van der Waals surface area (Å²) in [5.41, 5.74) is -0.319. The van der Waals surface area contributed by atoms with Crippen molar-refractivity contribution in [3.8, 4) is 0 Å². The largest absolute Gasteiger partial charge is 0.367 e. The molecule has 3 atom stereocenters. The van der Waals surface area contributed by atoms with Gasteiger partial charge in [0.1, 0.15) is 5.60 Å². The van der Waals surface area contributed by atoms with Crippen LogP contribution in [0.2, 0.25) is 0 Å². The van der Waals surface area contributed by atoms with E-state index in [-0.39, 0.29) is 5.60 Å². The monoisotopic (exact) mass is 279 g/mol. The molecule has 1 saturated carbocycles. The van der Waals surface area contributed by atoms with Crippen LogP contribution < -0.4 is 5.32 Å². The van der Waals surface area contributed by atoms with Gasteiger partial charge in [-0.1, -0.05) is 18.5 Å². The summed E-state index contributed by atoms with van der Waals surface area (Å²) in [6, 6.07) is 0. The molecule has 1 aliphatic heterocycles. The molecule has 0 aromatic carbocycles. The van der Waals surface area contributed by atoms with Crippen LogP contribution >= 0.6 is 0 Å². The summed E-state index contributed by atoms with van der Waals surface area (Å²) in [5.74, 6) is 2.58. The Labute approximate surface area is 120 Å². The maximum atomic E-state index is 6.10. The molecule has 1 aliphatic carbocycles. The number of hydrogen-bond acceptors (Lipinski definition) is 5. The third-order valence-corrected chi connectivity index (χ3v) is 4.64. The van der Waals surface area contributed by atoms with Crippen LogP contribution in [0.25, 0.3) is 0 Å². The highest BCUT2D eigenvalue weighted by Gasteiger charge is 2.42. The van der Waals surface area contributed by atoms with Gasteiger partial charge in [-0.3, -0.25) is 0 Å². The minimum Gasteiger partial charge on any atom is -0.367 e. The van der Waals surface area contributed by atoms with Gasteiger partial charge in [0, 0.05) is 13.2 Å². The predicted molar refractivity (Wildman–Crippen MR) is 75.5 cm³/mol. The van der Waals surface area contributed by atoms with E-state index >= 15 is 0 Å². The van der Waals surface area contributed by atoms with E-state index in [1.807, 2.05) is 6.92 Å². The normalized spacial score (nSPS) is 34.5. The minimum atomic E-state index is -0.319. The lowest BCUT2D eigenvalue weighted by Gasteiger charge is -2.37. The summed E-state index contributed by atoms with van der Waals surface area (Å²) in [6.45, 7) is 7.01. The van der Waals surface area contributed by atoms with Gasteiger partial charge in [0.05, 0.1) is 5.92 Å². The van der Waals surface area contributed by atoms with Crippen molar-refractivity contribution < 1.29 is 9.26 Å². The molecule has 5 heteroatoms. The van der Waals surface area contributed by atoms with Crippen molar-refractivity contribution >= 4 is 0 Å². The topological polar surface area (TPSA) is 60.2 Å². The van der Waals surface area contributed by atoms with Crippen LogP contribution in [-0.2, 0) is 10.3 Å². The van der Waals surface area contributed by atoms with Crippen LogP contribution in [0.5, 0.6) is 0 Å². The number of nitrogens with zero attached hydrogens (tertiary/aromatic N) is 2. The van der Waals surface area contributed by atoms with E-state index in [2.05, 4.69) is 17.4 Å². The van der Waals surface area contributed by atoms with Crippen LogP contribution in [0.1, 0.15) is 63.6 Å². The SMILES string of the molecule is CCOC1(c2noc(C3CCNC3)n2)CCCC(C)C1. The molecule has 3 rings (SSSR count). The Morgan fingerprint density at radius 2 is 2.35 bits per heavy atom. The number of aromatic nitrogens is 2. The maximum absolute atomic E-state index is 6.10. The first kappa shape index (κ1) is 14.0. The number of nitrogens with one attached hydrogen (secondary N) is 1. The zero-order valence-electron chi connectivity index (χ0n) is 12.5. The molecule has 2 heterocycles. The van der Waals surface area contributed by atoms with E-state index in [1.54, 1.807) is 0 Å². The second-order valence-electron chi connectivity index (χ2n) is 6.27. The zero-order chi connectivity index (χ0) is 14.0. The van der Waals surface area contributed by atoms with Crippen molar-refractivity contribution in [1.29, 1.82) is 0 Å². The fourth-order valence-corrected chi connectivity index (χ4v) is 3.63. The molecule has 0 spiro atoms. The Kier molecular flexibility index (Phi) is 4.08. The third kappa shape index (κ3) is 2.61. The third-order valence-electron chi connectivity index (χ3n) is 4.64. The van der Waals surface area contributed by atoms with Crippen LogP contribution in [-0.4, -0.2) is 29.8 Å². The highest BCUT2D eigenvalue weighted by atomic mass is 16.5. The Morgan fingerprint density at radius 1 is 1.45 bits per heavy atom. The van der Waals surface area contributed by atoms with Gasteiger partial charge in [0.15, 0.2) is 0 Å². The van der Waals surface area contributed by atoms with Crippen molar-refractivity contribution in [1.82, 2.24) is 15.5 Å². The first-order valence-corrected chi connectivity index (χ1v) is 7.92. The summed E-state index contributed by atoms with van der Waals surface area (Å²) in [6.07, 6.45) is 5.54. The lowest BCUT2D eigenvalue weighted by Crippen LogP contribution is -2.36. The van der Waals surface area contributed by atoms with Gasteiger partial charge in [-0.25, -0.2) is 0 Å². The molecule has 1 saturated heterocycles. The molecule has 1 N–H and O–H groups in total. The lowest BCUT2D eigenvalue weighted by atomic mass is 9.78. The van der Waals surface area contributed by atoms with Gasteiger partial charge < -0.3 is 14.6 Å². The molecule has 112 valence electrons. The minimum absolute atomic E-state index is 0.319. The molecular weight excluding hydrogens is 254 g/mol. The quantitative estimate of drug-likeness (QED) is 0.918. The molecule has 0 bridgehead atoms. The van der Waals surface area contributed by atoms with Crippen molar-refractivity contribution in [2.24, 2.45) is 5.92 Å². The molecule has 2 aliphatic rings. The zero-order valence-corrected chi connectivity index (χ0v) is 12.5. The Hall–Kier alpha value is -0.940. The second-order valence-corrected chi connectivity index (χ2v) is 6.27. The van der Waals surface area contributed by atoms with Crippen molar-refractivity contribution in [3.63, 3.8) is 0 Å². The molecule has 5 nitrogen and oxygen atoms in total. The smallest absolute Gasteiger partial charge is 0.231 e. The fraction of sp³-hybridized carbons (Fsp3) is 0.867. The van der Waals surface area contributed by atoms with Gasteiger partial charge in [-0.05, 0) is 45.1 Å². The van der Waals surface area contributed by atoms with Crippen molar-refractivity contribution in [2.75, 3.05) is 19.7 Å². The second kappa shape index (κ2) is 5.82. The van der Waals surface area contributed by atoms with Crippen molar-refractivity contribution in [2.45, 2.75) is 57.5 Å². The van der Waals surface area contributed by atoms with Gasteiger partial charge in [-0.2, -0.15) is 4.98 Å². The Balaban J connectivity index is 1.83. The van der Waals surface area contributed by atoms with Crippen molar-refractivity contribution in [3.05, 3.63) is 11.7 Å². The summed E-state index contributed by atoms with van der Waals surface area (Å²) in [5, 5.41) is 7.61. The molecule has 0 radical (unpaired) electrons. The average Bonchev–Trinajstić information content (AvgIpc) is 3.10. The average molecular weight is 279 g/mol. The molecule has 2 fully saturated rings. The molecule has 1 aromatic heterocycles. The molecular formula is C15H25N3O2. The van der Waals surface area contributed by atoms with E-state index in [9.17, 15) is 0 Å². The highest BCUT2D eigenvalue weighted by Crippen LogP contribution is 2.42. The number of hydrogen-bond donors (Lipinski definition) is 1.